The zero-order chi connectivity index (χ0) is 14.8. The van der Waals surface area contributed by atoms with Crippen LogP contribution in [0.4, 0.5) is 11.5 Å². The second kappa shape index (κ2) is 5.08. The van der Waals surface area contributed by atoms with Crippen LogP contribution in [0.2, 0.25) is 0 Å². The Kier molecular flexibility index (Phi) is 3.11. The van der Waals surface area contributed by atoms with Gasteiger partial charge in [-0.15, -0.1) is 10.2 Å². The van der Waals surface area contributed by atoms with Gasteiger partial charge in [0, 0.05) is 30.7 Å². The van der Waals surface area contributed by atoms with E-state index in [1.54, 1.807) is 35.3 Å². The maximum Gasteiger partial charge on any atom is 0.204 e. The number of nitrogens with zero attached hydrogens (tertiary/aromatic N) is 6. The maximum atomic E-state index is 8.76. The van der Waals surface area contributed by atoms with Crippen molar-refractivity contribution in [1.82, 2.24) is 19.6 Å². The van der Waals surface area contributed by atoms with Crippen LogP contribution in [0.1, 0.15) is 5.56 Å². The van der Waals surface area contributed by atoms with Crippen LogP contribution in [0.25, 0.3) is 5.65 Å². The zero-order valence-electron chi connectivity index (χ0n) is 11.2. The van der Waals surface area contributed by atoms with Gasteiger partial charge in [-0.2, -0.15) is 0 Å². The number of aromatic nitrogens is 4. The molecule has 0 radical (unpaired) electrons. The van der Waals surface area contributed by atoms with Crippen molar-refractivity contribution in [3.8, 4) is 0 Å². The molecule has 3 N–H and O–H groups in total. The Hall–Kier alpha value is -3.16. The first-order valence-electron chi connectivity index (χ1n) is 6.17. The van der Waals surface area contributed by atoms with Crippen molar-refractivity contribution in [3.63, 3.8) is 0 Å². The number of hydrogen-bond acceptors (Lipinski definition) is 6. The summed E-state index contributed by atoms with van der Waals surface area (Å²) in [6.07, 6.45) is 5.07. The molecule has 0 aliphatic rings. The average molecular weight is 283 g/mol. The predicted molar refractivity (Wildman–Crippen MR) is 77.8 cm³/mol. The van der Waals surface area contributed by atoms with Crippen LogP contribution >= 0.6 is 0 Å². The predicted octanol–water partition coefficient (Wildman–Crippen LogP) is 0.987. The van der Waals surface area contributed by atoms with E-state index in [0.717, 1.165) is 5.69 Å². The molecule has 0 bridgehead atoms. The minimum Gasteiger partial charge on any atom is -0.409 e. The molecule has 1 aromatic carbocycles. The number of amidine groups is 1. The molecule has 0 atom stereocenters. The SMILES string of the molecule is CN(c1cccc(C(N)=NO)c1)c1nccn2cnnc12. The molecule has 8 nitrogen and oxygen atoms in total. The van der Waals surface area contributed by atoms with Gasteiger partial charge in [0.1, 0.15) is 6.33 Å². The molecule has 3 rings (SSSR count). The summed E-state index contributed by atoms with van der Waals surface area (Å²) in [5.41, 5.74) is 7.72. The third-order valence-electron chi connectivity index (χ3n) is 3.15. The highest BCUT2D eigenvalue weighted by molar-refractivity contribution is 5.98. The van der Waals surface area contributed by atoms with Gasteiger partial charge in [-0.05, 0) is 12.1 Å². The van der Waals surface area contributed by atoms with Crippen molar-refractivity contribution in [2.24, 2.45) is 10.9 Å². The van der Waals surface area contributed by atoms with E-state index in [4.69, 9.17) is 10.9 Å². The van der Waals surface area contributed by atoms with Gasteiger partial charge in [0.25, 0.3) is 0 Å². The maximum absolute atomic E-state index is 8.76. The van der Waals surface area contributed by atoms with Crippen LogP contribution in [-0.4, -0.2) is 37.7 Å². The summed E-state index contributed by atoms with van der Waals surface area (Å²) >= 11 is 0. The van der Waals surface area contributed by atoms with Gasteiger partial charge in [-0.3, -0.25) is 4.40 Å². The molecule has 0 amide bonds. The van der Waals surface area contributed by atoms with Gasteiger partial charge in [-0.25, -0.2) is 4.98 Å². The largest absolute Gasteiger partial charge is 0.409 e. The van der Waals surface area contributed by atoms with Gasteiger partial charge in [0.2, 0.25) is 5.65 Å². The fourth-order valence-electron chi connectivity index (χ4n) is 2.04. The smallest absolute Gasteiger partial charge is 0.204 e. The number of fused-ring (bicyclic) bond motifs is 1. The van der Waals surface area contributed by atoms with Crippen LogP contribution in [-0.2, 0) is 0 Å². The summed E-state index contributed by atoms with van der Waals surface area (Å²) in [7, 11) is 1.86. The van der Waals surface area contributed by atoms with Crippen LogP contribution in [0.5, 0.6) is 0 Å². The summed E-state index contributed by atoms with van der Waals surface area (Å²) in [6, 6.07) is 7.28. The summed E-state index contributed by atoms with van der Waals surface area (Å²) in [6.45, 7) is 0. The number of rotatable bonds is 3. The second-order valence-electron chi connectivity index (χ2n) is 4.41. The number of hydrogen-bond donors (Lipinski definition) is 2. The Morgan fingerprint density at radius 3 is 3.10 bits per heavy atom. The van der Waals surface area contributed by atoms with E-state index < -0.39 is 0 Å². The van der Waals surface area contributed by atoms with E-state index in [-0.39, 0.29) is 5.84 Å². The standard InChI is InChI=1S/C13H13N7O/c1-19(10-4-2-3-9(7-10)11(14)18-21)12-13-17-16-8-20(13)6-5-15-12/h2-8,21H,1H3,(H2,14,18). The molecule has 8 heteroatoms. The van der Waals surface area contributed by atoms with Crippen LogP contribution in [0.3, 0.4) is 0 Å². The van der Waals surface area contributed by atoms with Crippen molar-refractivity contribution in [3.05, 3.63) is 48.5 Å². The molecule has 0 saturated carbocycles. The second-order valence-corrected chi connectivity index (χ2v) is 4.41. The lowest BCUT2D eigenvalue weighted by atomic mass is 10.2. The molecular weight excluding hydrogens is 270 g/mol. The molecule has 0 unspecified atom stereocenters. The zero-order valence-corrected chi connectivity index (χ0v) is 11.2. The van der Waals surface area contributed by atoms with Gasteiger partial charge in [0.15, 0.2) is 11.7 Å². The lowest BCUT2D eigenvalue weighted by Gasteiger charge is -2.19. The molecule has 3 aromatic rings. The summed E-state index contributed by atoms with van der Waals surface area (Å²) in [4.78, 5) is 6.20. The first-order valence-corrected chi connectivity index (χ1v) is 6.17. The molecule has 0 aliphatic carbocycles. The van der Waals surface area contributed by atoms with Crippen molar-refractivity contribution >= 4 is 23.0 Å². The lowest BCUT2D eigenvalue weighted by molar-refractivity contribution is 0.318. The van der Waals surface area contributed by atoms with E-state index in [0.29, 0.717) is 17.0 Å². The Bertz CT molecular complexity index is 811. The number of benzene rings is 1. The number of oxime groups is 1. The molecule has 106 valence electrons. The summed E-state index contributed by atoms with van der Waals surface area (Å²) < 4.78 is 1.78. The molecule has 0 fully saturated rings. The Morgan fingerprint density at radius 2 is 2.29 bits per heavy atom. The summed E-state index contributed by atoms with van der Waals surface area (Å²) in [5, 5.41) is 19.7. The average Bonchev–Trinajstić information content (AvgIpc) is 3.02. The molecule has 2 heterocycles. The Balaban J connectivity index is 2.06. The highest BCUT2D eigenvalue weighted by atomic mass is 16.4. The highest BCUT2D eigenvalue weighted by Gasteiger charge is 2.12. The van der Waals surface area contributed by atoms with Gasteiger partial charge >= 0.3 is 0 Å². The highest BCUT2D eigenvalue weighted by Crippen LogP contribution is 2.24. The van der Waals surface area contributed by atoms with Gasteiger partial charge in [-0.1, -0.05) is 17.3 Å². The molecule has 0 aliphatic heterocycles. The molecular formula is C13H13N7O. The number of anilines is 2. The van der Waals surface area contributed by atoms with Crippen molar-refractivity contribution < 1.29 is 5.21 Å². The normalized spacial score (nSPS) is 11.8. The lowest BCUT2D eigenvalue weighted by Crippen LogP contribution is -2.16. The first-order chi connectivity index (χ1) is 10.2. The van der Waals surface area contributed by atoms with Crippen molar-refractivity contribution in [1.29, 1.82) is 0 Å². The first kappa shape index (κ1) is 12.9. The van der Waals surface area contributed by atoms with E-state index in [2.05, 4.69) is 20.3 Å². The fourth-order valence-corrected chi connectivity index (χ4v) is 2.04. The van der Waals surface area contributed by atoms with Crippen LogP contribution in [0, 0.1) is 0 Å². The van der Waals surface area contributed by atoms with Crippen LogP contribution < -0.4 is 10.6 Å². The Morgan fingerprint density at radius 1 is 1.43 bits per heavy atom. The minimum absolute atomic E-state index is 0.0545. The third-order valence-corrected chi connectivity index (χ3v) is 3.15. The quantitative estimate of drug-likeness (QED) is 0.321. The molecule has 2 aromatic heterocycles. The molecule has 0 saturated heterocycles. The molecule has 21 heavy (non-hydrogen) atoms. The Labute approximate surface area is 120 Å². The van der Waals surface area contributed by atoms with E-state index in [9.17, 15) is 0 Å². The molecule has 0 spiro atoms. The topological polar surface area (TPSA) is 105 Å². The van der Waals surface area contributed by atoms with Crippen LogP contribution in [0.15, 0.2) is 48.1 Å². The summed E-state index contributed by atoms with van der Waals surface area (Å²) in [5.74, 6) is 0.713. The van der Waals surface area contributed by atoms with E-state index in [1.165, 1.54) is 0 Å². The fraction of sp³-hybridized carbons (Fsp3) is 0.0769. The van der Waals surface area contributed by atoms with Crippen molar-refractivity contribution in [2.45, 2.75) is 0 Å². The minimum atomic E-state index is 0.0545. The number of nitrogens with two attached hydrogens (primary N) is 1. The van der Waals surface area contributed by atoms with Crippen molar-refractivity contribution in [2.75, 3.05) is 11.9 Å². The van der Waals surface area contributed by atoms with Gasteiger partial charge < -0.3 is 15.8 Å². The van der Waals surface area contributed by atoms with E-state index in [1.807, 2.05) is 24.1 Å². The third kappa shape index (κ3) is 2.22. The monoisotopic (exact) mass is 283 g/mol. The van der Waals surface area contributed by atoms with E-state index >= 15 is 0 Å². The van der Waals surface area contributed by atoms with Gasteiger partial charge in [0.05, 0.1) is 0 Å².